The van der Waals surface area contributed by atoms with Crippen LogP contribution in [-0.2, 0) is 0 Å². The number of hydrogen-bond donors (Lipinski definition) is 1. The molecule has 0 unspecified atom stereocenters. The summed E-state index contributed by atoms with van der Waals surface area (Å²) in [4.78, 5) is 12.1. The molecule has 0 fully saturated rings. The zero-order chi connectivity index (χ0) is 14.7. The van der Waals surface area contributed by atoms with E-state index in [1.165, 1.54) is 6.33 Å². The van der Waals surface area contributed by atoms with Crippen LogP contribution in [0.2, 0.25) is 0 Å². The summed E-state index contributed by atoms with van der Waals surface area (Å²) in [6, 6.07) is 14.7. The van der Waals surface area contributed by atoms with E-state index in [0.717, 1.165) is 16.9 Å². The summed E-state index contributed by atoms with van der Waals surface area (Å²) in [5.41, 5.74) is 3.30. The number of anilines is 1. The summed E-state index contributed by atoms with van der Waals surface area (Å²) >= 11 is 0. The zero-order valence-corrected chi connectivity index (χ0v) is 11.4. The van der Waals surface area contributed by atoms with Crippen molar-refractivity contribution in [2.24, 2.45) is 0 Å². The predicted octanol–water partition coefficient (Wildman–Crippen LogP) is 2.22. The van der Waals surface area contributed by atoms with E-state index in [4.69, 9.17) is 0 Å². The molecule has 0 saturated carbocycles. The number of tetrazole rings is 1. The van der Waals surface area contributed by atoms with Gasteiger partial charge in [-0.05, 0) is 53.7 Å². The Balaban J connectivity index is 1.73. The molecule has 0 spiro atoms. The summed E-state index contributed by atoms with van der Waals surface area (Å²) in [6.45, 7) is 1.99. The third-order valence-electron chi connectivity index (χ3n) is 3.05. The van der Waals surface area contributed by atoms with Crippen molar-refractivity contribution >= 4 is 11.6 Å². The molecule has 1 amide bonds. The molecule has 0 saturated heterocycles. The standard InChI is InChI=1S/C15H13N5O/c1-11-2-4-12(5-3-11)15(21)17-13-6-8-14(9-7-13)20-10-16-18-19-20/h2-10H,1H3,(H,17,21). The van der Waals surface area contributed by atoms with Crippen LogP contribution < -0.4 is 5.32 Å². The molecule has 0 radical (unpaired) electrons. The summed E-state index contributed by atoms with van der Waals surface area (Å²) in [5, 5.41) is 13.8. The van der Waals surface area contributed by atoms with Gasteiger partial charge in [0, 0.05) is 11.3 Å². The Kier molecular flexibility index (Phi) is 3.42. The van der Waals surface area contributed by atoms with Crippen LogP contribution in [0.15, 0.2) is 54.9 Å². The lowest BCUT2D eigenvalue weighted by Crippen LogP contribution is -2.11. The van der Waals surface area contributed by atoms with E-state index in [2.05, 4.69) is 20.8 Å². The number of carbonyl (C=O) groups is 1. The normalized spacial score (nSPS) is 10.3. The third kappa shape index (κ3) is 2.94. The Hall–Kier alpha value is -3.02. The van der Waals surface area contributed by atoms with Crippen LogP contribution in [0.25, 0.3) is 5.69 Å². The molecule has 104 valence electrons. The van der Waals surface area contributed by atoms with Crippen molar-refractivity contribution in [3.63, 3.8) is 0 Å². The maximum Gasteiger partial charge on any atom is 0.255 e. The molecule has 0 bridgehead atoms. The van der Waals surface area contributed by atoms with Gasteiger partial charge in [-0.2, -0.15) is 0 Å². The molecule has 0 aliphatic rings. The van der Waals surface area contributed by atoms with E-state index in [1.54, 1.807) is 16.8 Å². The fraction of sp³-hybridized carbons (Fsp3) is 0.0667. The van der Waals surface area contributed by atoms with E-state index in [9.17, 15) is 4.79 Å². The highest BCUT2D eigenvalue weighted by molar-refractivity contribution is 6.04. The first kappa shape index (κ1) is 13.0. The Labute approximate surface area is 121 Å². The van der Waals surface area contributed by atoms with Crippen molar-refractivity contribution in [1.29, 1.82) is 0 Å². The molecular formula is C15H13N5O. The fourth-order valence-corrected chi connectivity index (χ4v) is 1.89. The Morgan fingerprint density at radius 3 is 2.38 bits per heavy atom. The minimum atomic E-state index is -0.134. The summed E-state index contributed by atoms with van der Waals surface area (Å²) in [5.74, 6) is -0.134. The number of nitrogens with zero attached hydrogens (tertiary/aromatic N) is 4. The molecule has 0 aliphatic heterocycles. The maximum atomic E-state index is 12.1. The van der Waals surface area contributed by atoms with Gasteiger partial charge in [-0.15, -0.1) is 5.10 Å². The SMILES string of the molecule is Cc1ccc(C(=O)Nc2ccc(-n3cnnn3)cc2)cc1. The lowest BCUT2D eigenvalue weighted by Gasteiger charge is -2.06. The minimum Gasteiger partial charge on any atom is -0.322 e. The first-order valence-electron chi connectivity index (χ1n) is 6.44. The third-order valence-corrected chi connectivity index (χ3v) is 3.05. The molecule has 1 N–H and O–H groups in total. The van der Waals surface area contributed by atoms with Crippen LogP contribution in [0, 0.1) is 6.92 Å². The summed E-state index contributed by atoms with van der Waals surface area (Å²) in [6.07, 6.45) is 1.51. The zero-order valence-electron chi connectivity index (χ0n) is 11.4. The highest BCUT2D eigenvalue weighted by Gasteiger charge is 2.06. The largest absolute Gasteiger partial charge is 0.322 e. The van der Waals surface area contributed by atoms with Crippen molar-refractivity contribution in [1.82, 2.24) is 20.2 Å². The predicted molar refractivity (Wildman–Crippen MR) is 78.3 cm³/mol. The first-order valence-corrected chi connectivity index (χ1v) is 6.44. The molecule has 6 nitrogen and oxygen atoms in total. The lowest BCUT2D eigenvalue weighted by atomic mass is 10.1. The molecule has 6 heteroatoms. The maximum absolute atomic E-state index is 12.1. The number of nitrogens with one attached hydrogen (secondary N) is 1. The first-order chi connectivity index (χ1) is 10.2. The molecule has 1 heterocycles. The van der Waals surface area contributed by atoms with Crippen molar-refractivity contribution < 1.29 is 4.79 Å². The van der Waals surface area contributed by atoms with E-state index in [0.29, 0.717) is 5.56 Å². The summed E-state index contributed by atoms with van der Waals surface area (Å²) in [7, 11) is 0. The number of aryl methyl sites for hydroxylation is 1. The van der Waals surface area contributed by atoms with Crippen LogP contribution in [-0.4, -0.2) is 26.1 Å². The number of benzene rings is 2. The topological polar surface area (TPSA) is 72.7 Å². The minimum absolute atomic E-state index is 0.134. The number of hydrogen-bond acceptors (Lipinski definition) is 4. The molecule has 2 aromatic carbocycles. The van der Waals surface area contributed by atoms with Gasteiger partial charge < -0.3 is 5.32 Å². The van der Waals surface area contributed by atoms with Gasteiger partial charge in [-0.1, -0.05) is 17.7 Å². The number of aromatic nitrogens is 4. The number of carbonyl (C=O) groups excluding carboxylic acids is 1. The van der Waals surface area contributed by atoms with Crippen LogP contribution >= 0.6 is 0 Å². The number of rotatable bonds is 3. The second-order valence-corrected chi connectivity index (χ2v) is 4.62. The van der Waals surface area contributed by atoms with Gasteiger partial charge in [0.15, 0.2) is 0 Å². The average molecular weight is 279 g/mol. The lowest BCUT2D eigenvalue weighted by molar-refractivity contribution is 0.102. The van der Waals surface area contributed by atoms with E-state index in [-0.39, 0.29) is 5.91 Å². The van der Waals surface area contributed by atoms with Gasteiger partial charge in [0.1, 0.15) is 6.33 Å². The Morgan fingerprint density at radius 2 is 1.76 bits per heavy atom. The van der Waals surface area contributed by atoms with Crippen molar-refractivity contribution in [3.8, 4) is 5.69 Å². The average Bonchev–Trinajstić information content (AvgIpc) is 3.03. The van der Waals surface area contributed by atoms with Gasteiger partial charge in [0.25, 0.3) is 5.91 Å². The molecule has 3 rings (SSSR count). The van der Waals surface area contributed by atoms with Crippen LogP contribution in [0.4, 0.5) is 5.69 Å². The number of amides is 1. The van der Waals surface area contributed by atoms with E-state index >= 15 is 0 Å². The van der Waals surface area contributed by atoms with Gasteiger partial charge in [-0.3, -0.25) is 4.79 Å². The van der Waals surface area contributed by atoms with E-state index < -0.39 is 0 Å². The van der Waals surface area contributed by atoms with Crippen molar-refractivity contribution in [2.75, 3.05) is 5.32 Å². The van der Waals surface area contributed by atoms with Crippen molar-refractivity contribution in [2.45, 2.75) is 6.92 Å². The molecule has 0 aliphatic carbocycles. The van der Waals surface area contributed by atoms with Crippen LogP contribution in [0.3, 0.4) is 0 Å². The van der Waals surface area contributed by atoms with Crippen LogP contribution in [0.5, 0.6) is 0 Å². The van der Waals surface area contributed by atoms with E-state index in [1.807, 2.05) is 43.3 Å². The van der Waals surface area contributed by atoms with Gasteiger partial charge in [0.05, 0.1) is 5.69 Å². The molecular weight excluding hydrogens is 266 g/mol. The van der Waals surface area contributed by atoms with Crippen LogP contribution in [0.1, 0.15) is 15.9 Å². The summed E-state index contributed by atoms with van der Waals surface area (Å²) < 4.78 is 1.55. The Morgan fingerprint density at radius 1 is 1.05 bits per heavy atom. The molecule has 1 aromatic heterocycles. The van der Waals surface area contributed by atoms with Gasteiger partial charge >= 0.3 is 0 Å². The fourth-order valence-electron chi connectivity index (χ4n) is 1.89. The molecule has 3 aromatic rings. The van der Waals surface area contributed by atoms with Gasteiger partial charge in [0.2, 0.25) is 0 Å². The molecule has 21 heavy (non-hydrogen) atoms. The highest BCUT2D eigenvalue weighted by atomic mass is 16.1. The second kappa shape index (κ2) is 5.54. The molecule has 0 atom stereocenters. The van der Waals surface area contributed by atoms with Gasteiger partial charge in [-0.25, -0.2) is 4.68 Å². The second-order valence-electron chi connectivity index (χ2n) is 4.62. The smallest absolute Gasteiger partial charge is 0.255 e. The van der Waals surface area contributed by atoms with Crippen molar-refractivity contribution in [3.05, 3.63) is 66.0 Å². The monoisotopic (exact) mass is 279 g/mol. The highest BCUT2D eigenvalue weighted by Crippen LogP contribution is 2.13. The Bertz CT molecular complexity index is 733. The quantitative estimate of drug-likeness (QED) is 0.798.